The number of aromatic nitrogens is 3. The second kappa shape index (κ2) is 26.6. The first-order valence-electron chi connectivity index (χ1n) is 20.2. The number of carbonyl (C=O) groups excluding carboxylic acids is 3. The molecule has 3 aromatic heterocycles. The number of carboxylic acids is 3. The first-order valence-corrected chi connectivity index (χ1v) is 20.2. The van der Waals surface area contributed by atoms with Gasteiger partial charge in [0.25, 0.3) is 17.7 Å². The molecule has 0 aliphatic rings. The van der Waals surface area contributed by atoms with Crippen molar-refractivity contribution in [1.82, 2.24) is 30.9 Å². The van der Waals surface area contributed by atoms with Gasteiger partial charge in [0, 0.05) is 60.0 Å². The molecule has 67 heavy (non-hydrogen) atoms. The van der Waals surface area contributed by atoms with E-state index < -0.39 is 35.6 Å². The van der Waals surface area contributed by atoms with Crippen molar-refractivity contribution < 1.29 is 98.7 Å². The minimum Gasteiger partial charge on any atom is -0.497 e. The number of hydrogen-bond acceptors (Lipinski definition) is 12. The number of carboxylic acid groups (broad SMARTS) is 3. The van der Waals surface area contributed by atoms with Crippen LogP contribution in [0.5, 0.6) is 17.2 Å². The number of benzene rings is 3. The van der Waals surface area contributed by atoms with Gasteiger partial charge in [0.1, 0.15) is 51.4 Å². The number of rotatable bonds is 15. The molecule has 348 valence electrons. The number of nitrogens with one attached hydrogen (secondary N) is 3. The van der Waals surface area contributed by atoms with Gasteiger partial charge in [-0.2, -0.15) is 0 Å². The van der Waals surface area contributed by atoms with Crippen molar-refractivity contribution in [2.45, 2.75) is 20.8 Å². The summed E-state index contributed by atoms with van der Waals surface area (Å²) in [5.41, 5.74) is 3.86. The van der Waals surface area contributed by atoms with E-state index in [9.17, 15) is 28.8 Å². The van der Waals surface area contributed by atoms with Crippen molar-refractivity contribution >= 4 is 35.6 Å². The molecular weight excluding hydrogens is 1000 g/mol. The zero-order valence-electron chi connectivity index (χ0n) is 37.3. The summed E-state index contributed by atoms with van der Waals surface area (Å²) >= 11 is 0. The van der Waals surface area contributed by atoms with E-state index in [4.69, 9.17) is 29.5 Å². The maximum absolute atomic E-state index is 11.9. The molecule has 3 aromatic carbocycles. The Kier molecular flexibility index (Phi) is 21.4. The Morgan fingerprint density at radius 3 is 0.776 bits per heavy atom. The monoisotopic (exact) mass is 1050 g/mol. The van der Waals surface area contributed by atoms with E-state index in [1.807, 2.05) is 0 Å². The van der Waals surface area contributed by atoms with Crippen LogP contribution in [-0.4, -0.2) is 107 Å². The fraction of sp³-hybridized carbons (Fsp3) is 0.188. The van der Waals surface area contributed by atoms with Gasteiger partial charge in [0.05, 0.1) is 21.3 Å². The predicted molar refractivity (Wildman–Crippen MR) is 244 cm³/mol. The minimum atomic E-state index is -1.18. The van der Waals surface area contributed by atoms with Crippen LogP contribution in [0.1, 0.15) is 83.7 Å². The Morgan fingerprint density at radius 1 is 0.388 bits per heavy atom. The average molecular weight is 1050 g/mol. The first kappa shape index (κ1) is 54.0. The third-order valence-corrected chi connectivity index (χ3v) is 9.11. The molecule has 18 nitrogen and oxygen atoms in total. The zero-order chi connectivity index (χ0) is 48.3. The number of methoxy groups -OCH3 is 3. The molecule has 0 fully saturated rings. The van der Waals surface area contributed by atoms with Crippen molar-refractivity contribution in [2.24, 2.45) is 0 Å². The molecule has 0 spiro atoms. The summed E-state index contributed by atoms with van der Waals surface area (Å²) in [6.07, 6.45) is 0. The number of ether oxygens (including phenoxy) is 3. The third-order valence-electron chi connectivity index (χ3n) is 9.11. The number of amides is 3. The van der Waals surface area contributed by atoms with E-state index in [2.05, 4.69) is 30.9 Å². The molecule has 0 unspecified atom stereocenters. The third kappa shape index (κ3) is 15.7. The van der Waals surface area contributed by atoms with Crippen molar-refractivity contribution in [1.29, 1.82) is 0 Å². The maximum Gasteiger partial charge on any atom is 0.354 e. The summed E-state index contributed by atoms with van der Waals surface area (Å²) in [5.74, 6) is -2.66. The largest absolute Gasteiger partial charge is 0.497 e. The zero-order valence-corrected chi connectivity index (χ0v) is 39.9. The van der Waals surface area contributed by atoms with Gasteiger partial charge in [-0.25, -0.2) is 29.3 Å². The second-order valence-corrected chi connectivity index (χ2v) is 13.6. The molecule has 0 atom stereocenters. The Labute approximate surface area is 418 Å². The molecular formula is C48H48N6O12Sm. The standard InChI is InChI=1S/3C16H16N2O4.Sm/c3*1-3-17-15(19)13-8-11(9-14(18-13)16(20)21)10-4-6-12(22-2)7-5-10;/h3*4-9H,3H2,1-2H3,(H,17,19)(H,20,21);. The van der Waals surface area contributed by atoms with Gasteiger partial charge in [0.2, 0.25) is 0 Å². The quantitative estimate of drug-likeness (QED) is 0.0632. The van der Waals surface area contributed by atoms with E-state index in [0.29, 0.717) is 53.6 Å². The number of carbonyl (C=O) groups is 6. The van der Waals surface area contributed by atoms with Gasteiger partial charge in [-0.05, 0) is 127 Å². The van der Waals surface area contributed by atoms with Gasteiger partial charge in [0.15, 0.2) is 0 Å². The van der Waals surface area contributed by atoms with Crippen LogP contribution < -0.4 is 30.2 Å². The van der Waals surface area contributed by atoms with E-state index in [1.54, 1.807) is 133 Å². The van der Waals surface area contributed by atoms with Gasteiger partial charge in [-0.1, -0.05) is 36.4 Å². The molecule has 3 heterocycles. The summed E-state index contributed by atoms with van der Waals surface area (Å²) in [5, 5.41) is 35.3. The van der Waals surface area contributed by atoms with Gasteiger partial charge < -0.3 is 45.5 Å². The molecule has 6 N–H and O–H groups in total. The fourth-order valence-electron chi connectivity index (χ4n) is 5.87. The average Bonchev–Trinajstić information content (AvgIpc) is 3.34. The number of pyridine rings is 3. The molecule has 0 saturated carbocycles. The van der Waals surface area contributed by atoms with Crippen LogP contribution in [0.3, 0.4) is 0 Å². The van der Waals surface area contributed by atoms with Crippen molar-refractivity contribution in [3.63, 3.8) is 0 Å². The van der Waals surface area contributed by atoms with E-state index in [1.165, 1.54) is 18.2 Å². The van der Waals surface area contributed by atoms with Gasteiger partial charge in [-0.15, -0.1) is 0 Å². The Bertz CT molecular complexity index is 2390. The van der Waals surface area contributed by atoms with Crippen molar-refractivity contribution in [3.05, 3.63) is 143 Å². The first-order chi connectivity index (χ1) is 31.6. The smallest absolute Gasteiger partial charge is 0.354 e. The summed E-state index contributed by atoms with van der Waals surface area (Å²) in [4.78, 5) is 81.0. The topological polar surface area (TPSA) is 266 Å². The number of aromatic carboxylic acids is 3. The van der Waals surface area contributed by atoms with Gasteiger partial charge >= 0.3 is 17.9 Å². The minimum absolute atomic E-state index is 0. The Balaban J connectivity index is 0.000000264. The van der Waals surface area contributed by atoms with Crippen molar-refractivity contribution in [3.8, 4) is 50.6 Å². The van der Waals surface area contributed by atoms with Crippen LogP contribution in [0.25, 0.3) is 33.4 Å². The fourth-order valence-corrected chi connectivity index (χ4v) is 5.87. The predicted octanol–water partition coefficient (Wildman–Crippen LogP) is 6.62. The molecule has 0 aliphatic heterocycles. The van der Waals surface area contributed by atoms with Crippen LogP contribution in [0.4, 0.5) is 0 Å². The second-order valence-electron chi connectivity index (χ2n) is 13.6. The SMILES string of the molecule is CCNC(=O)c1cc(-c2ccc(OC)cc2)cc(C(=O)O)n1.CCNC(=O)c1cc(-c2ccc(OC)cc2)cc(C(=O)O)n1.CCNC(=O)c1cc(-c2ccc(OC)cc2)cc(C(=O)O)n1.[Sm]. The van der Waals surface area contributed by atoms with Crippen LogP contribution >= 0.6 is 0 Å². The van der Waals surface area contributed by atoms with E-state index >= 15 is 0 Å². The van der Waals surface area contributed by atoms with Crippen LogP contribution in [0, 0.1) is 40.4 Å². The number of nitrogens with zero attached hydrogens (tertiary/aromatic N) is 3. The van der Waals surface area contributed by atoms with E-state index in [0.717, 1.165) is 16.7 Å². The Hall–Kier alpha value is -7.33. The molecule has 0 aliphatic carbocycles. The number of hydrogen-bond donors (Lipinski definition) is 6. The molecule has 3 amide bonds. The van der Waals surface area contributed by atoms with Gasteiger partial charge in [-0.3, -0.25) is 14.4 Å². The molecule has 0 bridgehead atoms. The molecule has 6 rings (SSSR count). The summed E-state index contributed by atoms with van der Waals surface area (Å²) in [7, 11) is 4.70. The molecule has 0 saturated heterocycles. The maximum atomic E-state index is 11.9. The molecule has 0 radical (unpaired) electrons. The Morgan fingerprint density at radius 2 is 0.597 bits per heavy atom. The van der Waals surface area contributed by atoms with E-state index in [-0.39, 0.29) is 74.6 Å². The molecule has 6 aromatic rings. The van der Waals surface area contributed by atoms with Crippen LogP contribution in [0.2, 0.25) is 0 Å². The normalized spacial score (nSPS) is 9.94. The van der Waals surface area contributed by atoms with Crippen LogP contribution in [0.15, 0.2) is 109 Å². The molecule has 19 heteroatoms. The van der Waals surface area contributed by atoms with Crippen LogP contribution in [-0.2, 0) is 0 Å². The summed E-state index contributed by atoms with van der Waals surface area (Å²) < 4.78 is 15.3. The van der Waals surface area contributed by atoms with Crippen molar-refractivity contribution in [2.75, 3.05) is 41.0 Å². The summed E-state index contributed by atoms with van der Waals surface area (Å²) in [6, 6.07) is 30.4. The summed E-state index contributed by atoms with van der Waals surface area (Å²) in [6.45, 7) is 6.66.